The van der Waals surface area contributed by atoms with Crippen molar-refractivity contribution >= 4 is 51.8 Å². The lowest BCUT2D eigenvalue weighted by atomic mass is 10.0. The minimum atomic E-state index is -0.302. The zero-order valence-electron chi connectivity index (χ0n) is 30.3. The first-order valence-corrected chi connectivity index (χ1v) is 20.6. The Morgan fingerprint density at radius 1 is 0.500 bits per heavy atom. The molecule has 5 aromatic rings. The third-order valence-electron chi connectivity index (χ3n) is 9.32. The van der Waals surface area contributed by atoms with Crippen molar-refractivity contribution in [2.24, 2.45) is 0 Å². The lowest BCUT2D eigenvalue weighted by molar-refractivity contribution is 0.100. The molecule has 0 spiro atoms. The van der Waals surface area contributed by atoms with Crippen molar-refractivity contribution in [1.82, 2.24) is 9.13 Å². The third kappa shape index (κ3) is 10.0. The van der Waals surface area contributed by atoms with Crippen molar-refractivity contribution in [3.05, 3.63) is 81.1 Å². The Balaban J connectivity index is 1.34. The van der Waals surface area contributed by atoms with E-state index in [0.29, 0.717) is 16.2 Å². The fourth-order valence-electron chi connectivity index (χ4n) is 6.79. The molecule has 0 saturated carbocycles. The molecule has 0 bridgehead atoms. The summed E-state index contributed by atoms with van der Waals surface area (Å²) < 4.78 is 26.8. The molecule has 0 aliphatic rings. The summed E-state index contributed by atoms with van der Waals surface area (Å²) in [5, 5.41) is 2.77. The molecular formula is C41H55N2O6P. The molecule has 0 atom stereocenters. The molecule has 0 saturated heterocycles. The first-order valence-electron chi connectivity index (χ1n) is 18.5. The van der Waals surface area contributed by atoms with Crippen LogP contribution in [0, 0.1) is 0 Å². The van der Waals surface area contributed by atoms with Crippen LogP contribution >= 0.6 is 8.15 Å². The Morgan fingerprint density at radius 3 is 1.42 bits per heavy atom. The van der Waals surface area contributed by atoms with Gasteiger partial charge in [0, 0.05) is 82.9 Å². The van der Waals surface area contributed by atoms with Crippen LogP contribution in [-0.2, 0) is 31.8 Å². The van der Waals surface area contributed by atoms with E-state index in [9.17, 15) is 9.59 Å². The number of para-hydroxylation sites is 2. The number of hydrogen-bond donors (Lipinski definition) is 0. The molecule has 2 heterocycles. The lowest BCUT2D eigenvalue weighted by Gasteiger charge is -2.19. The topological polar surface area (TPSA) is 80.9 Å². The number of rotatable bonds is 23. The molecule has 0 N–H and O–H groups in total. The van der Waals surface area contributed by atoms with Crippen LogP contribution in [0.2, 0.25) is 0 Å². The Labute approximate surface area is 297 Å². The second-order valence-electron chi connectivity index (χ2n) is 13.3. The normalized spacial score (nSPS) is 12.0. The summed E-state index contributed by atoms with van der Waals surface area (Å²) in [6.45, 7) is 10.3. The van der Waals surface area contributed by atoms with Crippen LogP contribution in [0.1, 0.15) is 64.2 Å². The van der Waals surface area contributed by atoms with Crippen molar-refractivity contribution in [3.63, 3.8) is 0 Å². The van der Waals surface area contributed by atoms with E-state index >= 15 is 0 Å². The van der Waals surface area contributed by atoms with Gasteiger partial charge in [-0.15, -0.1) is 0 Å². The van der Waals surface area contributed by atoms with E-state index in [1.165, 1.54) is 0 Å². The fraction of sp³-hybridized carbons (Fsp3) is 0.512. The van der Waals surface area contributed by atoms with Crippen molar-refractivity contribution < 1.29 is 18.7 Å². The van der Waals surface area contributed by atoms with E-state index in [0.717, 1.165) is 144 Å². The number of pyridine rings is 2. The molecule has 0 unspecified atom stereocenters. The SMILES string of the molecule is COCCCOCCCCCCn1c2ccccc2c(=O)c2cc3c(cc21)c(=O)c1ccccc1n3CCCCCCOCCCOP(C)C. The molecule has 0 fully saturated rings. The number of ether oxygens (including phenoxy) is 3. The van der Waals surface area contributed by atoms with Crippen LogP contribution in [0.25, 0.3) is 43.6 Å². The number of hydrogen-bond acceptors (Lipinski definition) is 6. The quantitative estimate of drug-likeness (QED) is 0.0384. The van der Waals surface area contributed by atoms with Crippen LogP contribution in [0.15, 0.2) is 70.3 Å². The lowest BCUT2D eigenvalue weighted by Crippen LogP contribution is -2.16. The summed E-state index contributed by atoms with van der Waals surface area (Å²) in [4.78, 5) is 28.0. The number of nitrogens with zero attached hydrogens (tertiary/aromatic N) is 2. The van der Waals surface area contributed by atoms with Gasteiger partial charge in [0.1, 0.15) is 0 Å². The molecule has 0 radical (unpaired) electrons. The van der Waals surface area contributed by atoms with Gasteiger partial charge in [0.15, 0.2) is 10.9 Å². The van der Waals surface area contributed by atoms with Crippen LogP contribution in [-0.4, -0.2) is 69.2 Å². The average Bonchev–Trinajstić information content (AvgIpc) is 3.13. The van der Waals surface area contributed by atoms with Gasteiger partial charge < -0.3 is 27.9 Å². The molecule has 270 valence electrons. The summed E-state index contributed by atoms with van der Waals surface area (Å²) in [6.07, 6.45) is 10.2. The van der Waals surface area contributed by atoms with E-state index in [4.69, 9.17) is 18.7 Å². The average molecular weight is 703 g/mol. The summed E-state index contributed by atoms with van der Waals surface area (Å²) in [5.41, 5.74) is 3.53. The second-order valence-corrected chi connectivity index (χ2v) is 15.2. The van der Waals surface area contributed by atoms with E-state index < -0.39 is 0 Å². The first-order chi connectivity index (χ1) is 24.5. The fourth-order valence-corrected chi connectivity index (χ4v) is 7.29. The van der Waals surface area contributed by atoms with Crippen molar-refractivity contribution in [2.45, 2.75) is 77.3 Å². The number of benzene rings is 3. The minimum Gasteiger partial charge on any atom is -0.385 e. The first kappa shape index (κ1) is 38.1. The molecule has 0 amide bonds. The van der Waals surface area contributed by atoms with E-state index in [-0.39, 0.29) is 19.0 Å². The second kappa shape index (κ2) is 20.0. The van der Waals surface area contributed by atoms with Gasteiger partial charge in [0.2, 0.25) is 0 Å². The maximum Gasteiger partial charge on any atom is 0.197 e. The maximum atomic E-state index is 14.0. The van der Waals surface area contributed by atoms with E-state index in [1.807, 2.05) is 60.7 Å². The van der Waals surface area contributed by atoms with E-state index in [2.05, 4.69) is 22.5 Å². The molecule has 2 aromatic heterocycles. The highest BCUT2D eigenvalue weighted by Gasteiger charge is 2.17. The summed E-state index contributed by atoms with van der Waals surface area (Å²) in [6, 6.07) is 19.7. The van der Waals surface area contributed by atoms with E-state index in [1.54, 1.807) is 7.11 Å². The van der Waals surface area contributed by atoms with Gasteiger partial charge in [-0.05, 0) is 88.3 Å². The monoisotopic (exact) mass is 702 g/mol. The van der Waals surface area contributed by atoms with Gasteiger partial charge in [-0.2, -0.15) is 0 Å². The van der Waals surface area contributed by atoms with Gasteiger partial charge >= 0.3 is 0 Å². The van der Waals surface area contributed by atoms with Crippen LogP contribution in [0.4, 0.5) is 0 Å². The largest absolute Gasteiger partial charge is 0.385 e. The summed E-state index contributed by atoms with van der Waals surface area (Å²) in [7, 11) is 1.41. The zero-order chi connectivity index (χ0) is 35.1. The number of unbranched alkanes of at least 4 members (excludes halogenated alkanes) is 6. The Hall–Kier alpha value is -3.13. The molecule has 0 aliphatic carbocycles. The van der Waals surface area contributed by atoms with Gasteiger partial charge in [0.25, 0.3) is 0 Å². The highest BCUT2D eigenvalue weighted by Crippen LogP contribution is 2.28. The predicted molar refractivity (Wildman–Crippen MR) is 209 cm³/mol. The number of fused-ring (bicyclic) bond motifs is 4. The summed E-state index contributed by atoms with van der Waals surface area (Å²) in [5.74, 6) is 0. The van der Waals surface area contributed by atoms with Crippen molar-refractivity contribution in [3.8, 4) is 0 Å². The van der Waals surface area contributed by atoms with Gasteiger partial charge in [-0.3, -0.25) is 9.59 Å². The van der Waals surface area contributed by atoms with Crippen molar-refractivity contribution in [2.75, 3.05) is 60.1 Å². The zero-order valence-corrected chi connectivity index (χ0v) is 31.2. The van der Waals surface area contributed by atoms with Crippen LogP contribution < -0.4 is 10.9 Å². The number of aromatic nitrogens is 2. The molecule has 8 nitrogen and oxygen atoms in total. The smallest absolute Gasteiger partial charge is 0.197 e. The van der Waals surface area contributed by atoms with Gasteiger partial charge in [0.05, 0.1) is 28.7 Å². The summed E-state index contributed by atoms with van der Waals surface area (Å²) >= 11 is 0. The molecule has 50 heavy (non-hydrogen) atoms. The molecular weight excluding hydrogens is 647 g/mol. The highest BCUT2D eigenvalue weighted by molar-refractivity contribution is 7.50. The molecule has 3 aromatic carbocycles. The predicted octanol–water partition coefficient (Wildman–Crippen LogP) is 8.88. The van der Waals surface area contributed by atoms with Gasteiger partial charge in [-0.1, -0.05) is 49.9 Å². The molecule has 9 heteroatoms. The standard InChI is InChI=1S/C41H55N2O6P/c1-46-24-16-27-47-25-14-6-4-12-22-42-36-20-10-8-18-32(36)40(44)34-31-39-35(30-38(34)42)41(45)33-19-9-11-21-37(33)43(39)23-13-5-7-15-26-48-28-17-29-49-50(2)3/h8-11,18-21,30-31H,4-7,12-17,22-29H2,1-3H3. The Morgan fingerprint density at radius 2 is 0.940 bits per heavy atom. The Kier molecular flexibility index (Phi) is 15.3. The number of aryl methyl sites for hydroxylation is 2. The number of methoxy groups -OCH3 is 1. The maximum absolute atomic E-state index is 14.0. The van der Waals surface area contributed by atoms with Crippen LogP contribution in [0.5, 0.6) is 0 Å². The van der Waals surface area contributed by atoms with Gasteiger partial charge in [-0.25, -0.2) is 0 Å². The highest BCUT2D eigenvalue weighted by atomic mass is 31.1. The Bertz CT molecular complexity index is 1930. The molecule has 5 rings (SSSR count). The van der Waals surface area contributed by atoms with Crippen LogP contribution in [0.3, 0.4) is 0 Å². The third-order valence-corrected chi connectivity index (χ3v) is 10.0. The molecule has 0 aliphatic heterocycles. The van der Waals surface area contributed by atoms with Crippen molar-refractivity contribution in [1.29, 1.82) is 0 Å². The minimum absolute atomic E-state index is 0.0169.